The molecule has 15 aromatic rings. The van der Waals surface area contributed by atoms with Crippen LogP contribution in [0.25, 0.3) is 143 Å². The number of furan rings is 2. The highest BCUT2D eigenvalue weighted by molar-refractivity contribution is 6.19. The van der Waals surface area contributed by atoms with Crippen molar-refractivity contribution < 1.29 is 8.83 Å². The van der Waals surface area contributed by atoms with Crippen LogP contribution in [-0.4, -0.2) is 24.1 Å². The van der Waals surface area contributed by atoms with Gasteiger partial charge in [0.2, 0.25) is 5.95 Å². The first-order valence-corrected chi connectivity index (χ1v) is 22.2. The number of hydrogen-bond donors (Lipinski definition) is 0. The lowest BCUT2D eigenvalue weighted by atomic mass is 10.0. The summed E-state index contributed by atoms with van der Waals surface area (Å²) < 4.78 is 18.0. The maximum atomic E-state index is 7.15. The van der Waals surface area contributed by atoms with Gasteiger partial charge in [0, 0.05) is 59.6 Å². The molecule has 306 valence electrons. The van der Waals surface area contributed by atoms with Gasteiger partial charge in [0.25, 0.3) is 0 Å². The molecule has 0 spiro atoms. The van der Waals surface area contributed by atoms with E-state index in [0.717, 1.165) is 115 Å². The summed E-state index contributed by atoms with van der Waals surface area (Å²) in [5, 5.41) is 13.2. The van der Waals surface area contributed by atoms with Crippen LogP contribution in [0.4, 0.5) is 0 Å². The summed E-state index contributed by atoms with van der Waals surface area (Å²) in [5.41, 5.74) is 10.1. The first kappa shape index (κ1) is 35.4. The summed E-state index contributed by atoms with van der Waals surface area (Å²) in [7, 11) is 0. The first-order valence-electron chi connectivity index (χ1n) is 22.2. The van der Waals surface area contributed by atoms with Gasteiger partial charge in [-0.15, -0.1) is 0 Å². The van der Waals surface area contributed by atoms with Gasteiger partial charge in [-0.05, 0) is 89.0 Å². The second kappa shape index (κ2) is 13.2. The molecule has 0 unspecified atom stereocenters. The standard InChI is InChI=1S/C59H33N5O2/c1-2-15-36-32-51-45(29-35(36)14-1)42-19-7-9-21-48(42)63(51)52-33-38(31-47-44-27-25-34-13-3-4-16-39(34)55(44)66-56(47)52)58-60-57(37-26-28-54-46(30-37)43-20-8-12-24-53(43)65-54)61-59(62-58)64-49-22-10-5-17-40(49)41-18-6-11-23-50(41)64/h1-33H. The van der Waals surface area contributed by atoms with Crippen molar-refractivity contribution in [3.05, 3.63) is 200 Å². The molecule has 0 amide bonds. The molecule has 0 bridgehead atoms. The van der Waals surface area contributed by atoms with Crippen molar-refractivity contribution in [3.8, 4) is 34.4 Å². The molecular formula is C59H33N5O2. The van der Waals surface area contributed by atoms with Gasteiger partial charge in [0.1, 0.15) is 16.7 Å². The Morgan fingerprint density at radius 3 is 1.64 bits per heavy atom. The van der Waals surface area contributed by atoms with Crippen molar-refractivity contribution in [2.45, 2.75) is 0 Å². The van der Waals surface area contributed by atoms with Crippen molar-refractivity contribution in [2.24, 2.45) is 0 Å². The number of hydrogen-bond acceptors (Lipinski definition) is 5. The minimum atomic E-state index is 0.526. The molecule has 0 N–H and O–H groups in total. The van der Waals surface area contributed by atoms with Crippen molar-refractivity contribution in [2.75, 3.05) is 0 Å². The van der Waals surface area contributed by atoms with Gasteiger partial charge in [0.05, 0.1) is 27.8 Å². The third kappa shape index (κ3) is 4.99. The third-order valence-corrected chi connectivity index (χ3v) is 13.5. The average molecular weight is 844 g/mol. The maximum Gasteiger partial charge on any atom is 0.238 e. The van der Waals surface area contributed by atoms with Crippen LogP contribution in [0.3, 0.4) is 0 Å². The number of fused-ring (bicyclic) bond motifs is 15. The molecule has 0 saturated carbocycles. The molecule has 5 aromatic heterocycles. The van der Waals surface area contributed by atoms with Gasteiger partial charge in [-0.1, -0.05) is 127 Å². The van der Waals surface area contributed by atoms with Gasteiger partial charge in [-0.25, -0.2) is 4.98 Å². The fourth-order valence-corrected chi connectivity index (χ4v) is 10.5. The molecule has 0 aliphatic carbocycles. The second-order valence-corrected chi connectivity index (χ2v) is 17.2. The molecule has 0 fully saturated rings. The average Bonchev–Trinajstić information content (AvgIpc) is 4.13. The Morgan fingerprint density at radius 1 is 0.303 bits per heavy atom. The lowest BCUT2D eigenvalue weighted by molar-refractivity contribution is 0.669. The fourth-order valence-electron chi connectivity index (χ4n) is 10.5. The highest BCUT2D eigenvalue weighted by Gasteiger charge is 2.24. The lowest BCUT2D eigenvalue weighted by Gasteiger charge is -2.13. The summed E-state index contributed by atoms with van der Waals surface area (Å²) >= 11 is 0. The lowest BCUT2D eigenvalue weighted by Crippen LogP contribution is -2.06. The molecule has 15 rings (SSSR count). The van der Waals surface area contributed by atoms with Gasteiger partial charge in [-0.2, -0.15) is 9.97 Å². The molecule has 7 heteroatoms. The second-order valence-electron chi connectivity index (χ2n) is 17.2. The number of aromatic nitrogens is 5. The van der Waals surface area contributed by atoms with E-state index in [1.807, 2.05) is 30.3 Å². The number of rotatable bonds is 4. The van der Waals surface area contributed by atoms with E-state index in [-0.39, 0.29) is 0 Å². The molecule has 10 aromatic carbocycles. The van der Waals surface area contributed by atoms with Gasteiger partial charge in [0.15, 0.2) is 17.2 Å². The van der Waals surface area contributed by atoms with Crippen LogP contribution in [0.1, 0.15) is 0 Å². The number of para-hydroxylation sites is 4. The summed E-state index contributed by atoms with van der Waals surface area (Å²) in [5.74, 6) is 1.62. The van der Waals surface area contributed by atoms with Gasteiger partial charge < -0.3 is 13.4 Å². The quantitative estimate of drug-likeness (QED) is 0.176. The minimum absolute atomic E-state index is 0.526. The monoisotopic (exact) mass is 843 g/mol. The van der Waals surface area contributed by atoms with Crippen LogP contribution in [0.15, 0.2) is 209 Å². The zero-order valence-electron chi connectivity index (χ0n) is 35.1. The Balaban J connectivity index is 1.07. The van der Waals surface area contributed by atoms with E-state index in [1.165, 1.54) is 10.8 Å². The largest absolute Gasteiger partial charge is 0.456 e. The van der Waals surface area contributed by atoms with E-state index in [4.69, 9.17) is 23.8 Å². The summed E-state index contributed by atoms with van der Waals surface area (Å²) in [6, 6.07) is 70.3. The van der Waals surface area contributed by atoms with Crippen molar-refractivity contribution in [1.82, 2.24) is 24.1 Å². The molecule has 0 radical (unpaired) electrons. The van der Waals surface area contributed by atoms with E-state index in [0.29, 0.717) is 17.6 Å². The van der Waals surface area contributed by atoms with Crippen LogP contribution < -0.4 is 0 Å². The van der Waals surface area contributed by atoms with Crippen LogP contribution in [-0.2, 0) is 0 Å². The summed E-state index contributed by atoms with van der Waals surface area (Å²) in [4.78, 5) is 16.2. The molecule has 66 heavy (non-hydrogen) atoms. The predicted molar refractivity (Wildman–Crippen MR) is 269 cm³/mol. The highest BCUT2D eigenvalue weighted by atomic mass is 16.3. The van der Waals surface area contributed by atoms with E-state index in [1.54, 1.807) is 0 Å². The van der Waals surface area contributed by atoms with E-state index in [2.05, 4.69) is 179 Å². The molecule has 7 nitrogen and oxygen atoms in total. The normalized spacial score (nSPS) is 12.2. The zero-order valence-corrected chi connectivity index (χ0v) is 35.1. The predicted octanol–water partition coefficient (Wildman–Crippen LogP) is 15.5. The summed E-state index contributed by atoms with van der Waals surface area (Å²) in [6.45, 7) is 0. The Hall–Kier alpha value is -9.07. The fraction of sp³-hybridized carbons (Fsp3) is 0. The SMILES string of the molecule is c1ccc2cc3c(cc2c1)c1ccccc1n3-c1cc(-c2nc(-c3ccc4oc5ccccc5c4c3)nc(-n3c4ccccc4c4ccccc43)n2)cc2c1oc1c3ccccc3ccc21. The van der Waals surface area contributed by atoms with Crippen molar-refractivity contribution in [1.29, 1.82) is 0 Å². The van der Waals surface area contributed by atoms with Crippen molar-refractivity contribution in [3.63, 3.8) is 0 Å². The highest BCUT2D eigenvalue weighted by Crippen LogP contribution is 2.43. The molecule has 0 aliphatic heterocycles. The molecule has 5 heterocycles. The van der Waals surface area contributed by atoms with E-state index in [9.17, 15) is 0 Å². The first-order chi connectivity index (χ1) is 32.7. The Morgan fingerprint density at radius 2 is 0.879 bits per heavy atom. The topological polar surface area (TPSA) is 74.8 Å². The Bertz CT molecular complexity index is 4500. The zero-order chi connectivity index (χ0) is 43.0. The maximum absolute atomic E-state index is 7.15. The van der Waals surface area contributed by atoms with Gasteiger partial charge >= 0.3 is 0 Å². The molecule has 0 atom stereocenters. The minimum Gasteiger partial charge on any atom is -0.456 e. The van der Waals surface area contributed by atoms with Crippen LogP contribution in [0.5, 0.6) is 0 Å². The smallest absolute Gasteiger partial charge is 0.238 e. The molecule has 0 aliphatic rings. The molecule has 0 saturated heterocycles. The number of benzene rings is 10. The third-order valence-electron chi connectivity index (χ3n) is 13.5. The van der Waals surface area contributed by atoms with E-state index >= 15 is 0 Å². The number of nitrogens with zero attached hydrogens (tertiary/aromatic N) is 5. The molecular weight excluding hydrogens is 811 g/mol. The van der Waals surface area contributed by atoms with Crippen molar-refractivity contribution >= 4 is 109 Å². The van der Waals surface area contributed by atoms with Crippen LogP contribution >= 0.6 is 0 Å². The van der Waals surface area contributed by atoms with Crippen LogP contribution in [0, 0.1) is 0 Å². The summed E-state index contributed by atoms with van der Waals surface area (Å²) in [6.07, 6.45) is 0. The Labute approximate surface area is 375 Å². The van der Waals surface area contributed by atoms with Gasteiger partial charge in [-0.3, -0.25) is 4.57 Å². The van der Waals surface area contributed by atoms with Crippen LogP contribution in [0.2, 0.25) is 0 Å². The Kier molecular flexibility index (Phi) is 7.10. The van der Waals surface area contributed by atoms with E-state index < -0.39 is 0 Å².